The van der Waals surface area contributed by atoms with Crippen LogP contribution in [0.25, 0.3) is 0 Å². The van der Waals surface area contributed by atoms with Crippen LogP contribution in [0.3, 0.4) is 0 Å². The first kappa shape index (κ1) is 14.4. The monoisotopic (exact) mass is 264 g/mol. The Hall–Kier alpha value is -1.01. The van der Waals surface area contributed by atoms with Crippen LogP contribution in [0.4, 0.5) is 0 Å². The molecule has 0 saturated heterocycles. The van der Waals surface area contributed by atoms with Crippen LogP contribution in [0, 0.1) is 11.8 Å². The van der Waals surface area contributed by atoms with Gasteiger partial charge in [0.2, 0.25) is 0 Å². The van der Waals surface area contributed by atoms with E-state index in [1.54, 1.807) is 0 Å². The van der Waals surface area contributed by atoms with Gasteiger partial charge in [-0.15, -0.1) is 0 Å². The van der Waals surface area contributed by atoms with Gasteiger partial charge in [-0.05, 0) is 51.4 Å². The fourth-order valence-corrected chi connectivity index (χ4v) is 3.14. The van der Waals surface area contributed by atoms with Gasteiger partial charge in [0, 0.05) is 6.92 Å². The Morgan fingerprint density at radius 3 is 2.00 bits per heavy atom. The van der Waals surface area contributed by atoms with E-state index in [-0.39, 0.29) is 5.97 Å². The van der Waals surface area contributed by atoms with E-state index in [0.717, 1.165) is 51.4 Å². The third-order valence-corrected chi connectivity index (χ3v) is 4.20. The van der Waals surface area contributed by atoms with Crippen molar-refractivity contribution >= 4 is 5.97 Å². The molecule has 2 rings (SSSR count). The number of hydrogen-bond acceptors (Lipinski definition) is 3. The highest BCUT2D eigenvalue weighted by Gasteiger charge is 2.35. The van der Waals surface area contributed by atoms with E-state index in [2.05, 4.69) is 11.8 Å². The Labute approximate surface area is 115 Å². The van der Waals surface area contributed by atoms with Crippen LogP contribution in [-0.4, -0.2) is 22.3 Å². The van der Waals surface area contributed by atoms with Crippen LogP contribution in [0.5, 0.6) is 0 Å². The predicted molar refractivity (Wildman–Crippen MR) is 73.4 cm³/mol. The summed E-state index contributed by atoms with van der Waals surface area (Å²) in [5.41, 5.74) is -1.50. The van der Waals surface area contributed by atoms with Gasteiger partial charge in [0.05, 0.1) is 0 Å². The van der Waals surface area contributed by atoms with E-state index in [0.29, 0.717) is 0 Å². The van der Waals surface area contributed by atoms with E-state index in [1.807, 2.05) is 0 Å². The maximum Gasteiger partial charge on any atom is 0.304 e. The first-order chi connectivity index (χ1) is 9.04. The molecule has 3 nitrogen and oxygen atoms in total. The van der Waals surface area contributed by atoms with Gasteiger partial charge in [0.25, 0.3) is 0 Å². The molecule has 0 aromatic rings. The molecule has 2 aliphatic rings. The lowest BCUT2D eigenvalue weighted by atomic mass is 9.82. The summed E-state index contributed by atoms with van der Waals surface area (Å²) in [6.45, 7) is 1.44. The van der Waals surface area contributed by atoms with Crippen molar-refractivity contribution in [2.24, 2.45) is 0 Å². The van der Waals surface area contributed by atoms with Gasteiger partial charge in [0.1, 0.15) is 5.60 Å². The maximum atomic E-state index is 11.3. The minimum Gasteiger partial charge on any atom is -0.446 e. The van der Waals surface area contributed by atoms with Gasteiger partial charge in [-0.25, -0.2) is 0 Å². The molecule has 0 aliphatic heterocycles. The summed E-state index contributed by atoms with van der Waals surface area (Å²) in [7, 11) is 0. The lowest BCUT2D eigenvalue weighted by molar-refractivity contribution is -0.153. The van der Waals surface area contributed by atoms with Gasteiger partial charge in [-0.1, -0.05) is 24.7 Å². The molecule has 19 heavy (non-hydrogen) atoms. The van der Waals surface area contributed by atoms with Gasteiger partial charge < -0.3 is 9.84 Å². The largest absolute Gasteiger partial charge is 0.446 e. The van der Waals surface area contributed by atoms with Crippen LogP contribution >= 0.6 is 0 Å². The smallest absolute Gasteiger partial charge is 0.304 e. The Bertz CT molecular complexity index is 377. The Kier molecular flexibility index (Phi) is 4.52. The van der Waals surface area contributed by atoms with Gasteiger partial charge in [-0.3, -0.25) is 4.79 Å². The molecule has 0 heterocycles. The lowest BCUT2D eigenvalue weighted by Gasteiger charge is -2.33. The van der Waals surface area contributed by atoms with Crippen molar-refractivity contribution in [2.75, 3.05) is 0 Å². The zero-order valence-corrected chi connectivity index (χ0v) is 11.8. The van der Waals surface area contributed by atoms with Crippen molar-refractivity contribution in [3.63, 3.8) is 0 Å². The molecule has 0 spiro atoms. The van der Waals surface area contributed by atoms with E-state index in [4.69, 9.17) is 4.74 Å². The maximum absolute atomic E-state index is 11.3. The molecule has 0 aromatic heterocycles. The van der Waals surface area contributed by atoms with E-state index in [9.17, 15) is 9.90 Å². The van der Waals surface area contributed by atoms with Gasteiger partial charge >= 0.3 is 5.97 Å². The van der Waals surface area contributed by atoms with Crippen LogP contribution in [0.2, 0.25) is 0 Å². The zero-order chi connectivity index (χ0) is 13.8. The minimum absolute atomic E-state index is 0.271. The van der Waals surface area contributed by atoms with Crippen molar-refractivity contribution in [3.05, 3.63) is 0 Å². The standard InChI is InChI=1S/C16H24O3/c1-14(17)19-16(10-6-3-7-11-16)13-12-15(18)8-4-2-5-9-15/h18H,2-11H2,1H3. The SMILES string of the molecule is CC(=O)OC1(C#CC2(O)CCCCC2)CCCCC1. The summed E-state index contributed by atoms with van der Waals surface area (Å²) in [4.78, 5) is 11.3. The normalized spacial score (nSPS) is 24.9. The summed E-state index contributed by atoms with van der Waals surface area (Å²) in [5.74, 6) is 5.90. The minimum atomic E-state index is -0.858. The zero-order valence-electron chi connectivity index (χ0n) is 11.8. The molecule has 0 aromatic carbocycles. The van der Waals surface area contributed by atoms with E-state index in [1.165, 1.54) is 19.8 Å². The second kappa shape index (κ2) is 5.96. The highest BCUT2D eigenvalue weighted by atomic mass is 16.6. The average Bonchev–Trinajstić information content (AvgIpc) is 2.38. The van der Waals surface area contributed by atoms with Crippen LogP contribution < -0.4 is 0 Å². The van der Waals surface area contributed by atoms with Crippen molar-refractivity contribution in [2.45, 2.75) is 82.3 Å². The number of ether oxygens (including phenoxy) is 1. The molecule has 0 atom stereocenters. The quantitative estimate of drug-likeness (QED) is 0.585. The fourth-order valence-electron chi connectivity index (χ4n) is 3.14. The summed E-state index contributed by atoms with van der Waals surface area (Å²) in [6, 6.07) is 0. The molecule has 0 unspecified atom stereocenters. The Balaban J connectivity index is 2.13. The first-order valence-corrected chi connectivity index (χ1v) is 7.50. The predicted octanol–water partition coefficient (Wildman–Crippen LogP) is 2.95. The molecule has 0 radical (unpaired) electrons. The number of hydrogen-bond donors (Lipinski definition) is 1. The fraction of sp³-hybridized carbons (Fsp3) is 0.812. The summed E-state index contributed by atoms with van der Waals surface area (Å²) in [5, 5.41) is 10.4. The van der Waals surface area contributed by atoms with E-state index >= 15 is 0 Å². The number of rotatable bonds is 1. The number of esters is 1. The molecular weight excluding hydrogens is 240 g/mol. The third kappa shape index (κ3) is 3.98. The molecule has 3 heteroatoms. The summed E-state index contributed by atoms with van der Waals surface area (Å²) < 4.78 is 5.49. The highest BCUT2D eigenvalue weighted by molar-refractivity contribution is 5.67. The molecular formula is C16H24O3. The summed E-state index contributed by atoms with van der Waals surface area (Å²) in [6.07, 6.45) is 9.60. The van der Waals surface area contributed by atoms with Crippen molar-refractivity contribution in [1.82, 2.24) is 0 Å². The van der Waals surface area contributed by atoms with Gasteiger partial charge in [-0.2, -0.15) is 0 Å². The molecule has 0 bridgehead atoms. The third-order valence-electron chi connectivity index (χ3n) is 4.20. The highest BCUT2D eigenvalue weighted by Crippen LogP contribution is 2.33. The topological polar surface area (TPSA) is 46.5 Å². The molecule has 2 saturated carbocycles. The van der Waals surface area contributed by atoms with E-state index < -0.39 is 11.2 Å². The number of carbonyl (C=O) groups excluding carboxylic acids is 1. The van der Waals surface area contributed by atoms with Crippen molar-refractivity contribution < 1.29 is 14.6 Å². The average molecular weight is 264 g/mol. The van der Waals surface area contributed by atoms with Gasteiger partial charge in [0.15, 0.2) is 5.60 Å². The molecule has 1 N–H and O–H groups in total. The summed E-state index contributed by atoms with van der Waals surface area (Å²) >= 11 is 0. The Morgan fingerprint density at radius 2 is 1.47 bits per heavy atom. The molecule has 2 aliphatic carbocycles. The lowest BCUT2D eigenvalue weighted by Crippen LogP contribution is -2.37. The molecule has 2 fully saturated rings. The van der Waals surface area contributed by atoms with Crippen LogP contribution in [0.15, 0.2) is 0 Å². The first-order valence-electron chi connectivity index (χ1n) is 7.50. The Morgan fingerprint density at radius 1 is 0.947 bits per heavy atom. The second-order valence-corrected chi connectivity index (χ2v) is 5.99. The number of aliphatic hydroxyl groups is 1. The van der Waals surface area contributed by atoms with Crippen LogP contribution in [-0.2, 0) is 9.53 Å². The molecule has 106 valence electrons. The van der Waals surface area contributed by atoms with Crippen molar-refractivity contribution in [3.8, 4) is 11.8 Å². The second-order valence-electron chi connectivity index (χ2n) is 5.99. The number of carbonyl (C=O) groups is 1. The van der Waals surface area contributed by atoms with Crippen LogP contribution in [0.1, 0.15) is 71.1 Å². The van der Waals surface area contributed by atoms with Crippen molar-refractivity contribution in [1.29, 1.82) is 0 Å². The molecule has 0 amide bonds.